The Hall–Kier alpha value is -1.78. The lowest BCUT2D eigenvalue weighted by atomic mass is 10.1. The minimum absolute atomic E-state index is 0.474. The molecular formula is C11H9F3N2. The summed E-state index contributed by atoms with van der Waals surface area (Å²) in [5.41, 5.74) is 0.578. The number of benzene rings is 1. The highest BCUT2D eigenvalue weighted by molar-refractivity contribution is 5.82. The molecule has 2 rings (SSSR count). The summed E-state index contributed by atoms with van der Waals surface area (Å²) in [6.07, 6.45) is -2.74. The summed E-state index contributed by atoms with van der Waals surface area (Å²) in [7, 11) is 1.69. The van der Waals surface area contributed by atoms with Crippen LogP contribution in [0.1, 0.15) is 5.56 Å². The molecule has 0 saturated heterocycles. The smallest absolute Gasteiger partial charge is 0.387 e. The van der Waals surface area contributed by atoms with E-state index in [-0.39, 0.29) is 0 Å². The van der Waals surface area contributed by atoms with Crippen molar-refractivity contribution in [1.82, 2.24) is 4.98 Å². The van der Waals surface area contributed by atoms with Crippen LogP contribution in [0.4, 0.5) is 18.9 Å². The van der Waals surface area contributed by atoms with Crippen LogP contribution in [0.15, 0.2) is 30.5 Å². The Morgan fingerprint density at radius 3 is 2.56 bits per heavy atom. The number of fused-ring (bicyclic) bond motifs is 1. The zero-order chi connectivity index (χ0) is 11.8. The van der Waals surface area contributed by atoms with E-state index in [9.17, 15) is 13.2 Å². The Kier molecular flexibility index (Phi) is 2.46. The number of anilines is 1. The van der Waals surface area contributed by atoms with Gasteiger partial charge in [0.15, 0.2) is 0 Å². The molecule has 0 aliphatic carbocycles. The van der Waals surface area contributed by atoms with Gasteiger partial charge in [0.2, 0.25) is 0 Å². The third-order valence-electron chi connectivity index (χ3n) is 2.30. The predicted octanol–water partition coefficient (Wildman–Crippen LogP) is 3.30. The van der Waals surface area contributed by atoms with Crippen LogP contribution in [0.25, 0.3) is 10.9 Å². The standard InChI is InChI=1S/C11H9F3N2/c1-15-9-5-7-4-8(11(12,13)14)2-3-10(7)16-6-9/h2-6,15H,1H3. The predicted molar refractivity (Wildman–Crippen MR) is 56.3 cm³/mol. The minimum atomic E-state index is -4.32. The van der Waals surface area contributed by atoms with E-state index in [1.165, 1.54) is 6.07 Å². The Bertz CT molecular complexity index is 520. The lowest BCUT2D eigenvalue weighted by Gasteiger charge is -2.08. The molecule has 0 unspecified atom stereocenters. The molecule has 0 spiro atoms. The zero-order valence-corrected chi connectivity index (χ0v) is 8.47. The third-order valence-corrected chi connectivity index (χ3v) is 2.30. The SMILES string of the molecule is CNc1cnc2ccc(C(F)(F)F)cc2c1. The van der Waals surface area contributed by atoms with Crippen LogP contribution in [0, 0.1) is 0 Å². The van der Waals surface area contributed by atoms with Crippen molar-refractivity contribution in [2.24, 2.45) is 0 Å². The number of nitrogens with one attached hydrogen (secondary N) is 1. The van der Waals surface area contributed by atoms with Crippen LogP contribution < -0.4 is 5.32 Å². The van der Waals surface area contributed by atoms with E-state index >= 15 is 0 Å². The summed E-state index contributed by atoms with van der Waals surface area (Å²) in [4.78, 5) is 4.05. The first-order valence-electron chi connectivity index (χ1n) is 4.65. The van der Waals surface area contributed by atoms with Crippen molar-refractivity contribution < 1.29 is 13.2 Å². The molecule has 0 aliphatic heterocycles. The summed E-state index contributed by atoms with van der Waals surface area (Å²) in [5, 5.41) is 3.31. The van der Waals surface area contributed by atoms with E-state index < -0.39 is 11.7 Å². The van der Waals surface area contributed by atoms with Gasteiger partial charge in [-0.05, 0) is 24.3 Å². The first-order valence-corrected chi connectivity index (χ1v) is 4.65. The van der Waals surface area contributed by atoms with Gasteiger partial charge in [-0.1, -0.05) is 0 Å². The fourth-order valence-corrected chi connectivity index (χ4v) is 1.44. The molecule has 16 heavy (non-hydrogen) atoms. The van der Waals surface area contributed by atoms with Gasteiger partial charge in [0.25, 0.3) is 0 Å². The normalized spacial score (nSPS) is 11.8. The molecule has 1 aromatic carbocycles. The van der Waals surface area contributed by atoms with Crippen LogP contribution in [0.2, 0.25) is 0 Å². The highest BCUT2D eigenvalue weighted by Crippen LogP contribution is 2.31. The molecule has 0 bridgehead atoms. The molecule has 1 heterocycles. The van der Waals surface area contributed by atoms with Gasteiger partial charge in [0, 0.05) is 12.4 Å². The molecule has 0 fully saturated rings. The molecule has 0 aliphatic rings. The second-order valence-corrected chi connectivity index (χ2v) is 3.38. The van der Waals surface area contributed by atoms with E-state index in [0.29, 0.717) is 16.6 Å². The summed E-state index contributed by atoms with van der Waals surface area (Å²) in [6.45, 7) is 0. The molecule has 5 heteroatoms. The van der Waals surface area contributed by atoms with E-state index in [1.807, 2.05) is 0 Å². The Labute approximate surface area is 90.1 Å². The molecule has 0 amide bonds. The van der Waals surface area contributed by atoms with Crippen molar-refractivity contribution in [2.45, 2.75) is 6.18 Å². The topological polar surface area (TPSA) is 24.9 Å². The number of rotatable bonds is 1. The van der Waals surface area contributed by atoms with Crippen LogP contribution in [-0.4, -0.2) is 12.0 Å². The first-order chi connectivity index (χ1) is 7.50. The van der Waals surface area contributed by atoms with Crippen molar-refractivity contribution in [3.8, 4) is 0 Å². The van der Waals surface area contributed by atoms with Gasteiger partial charge < -0.3 is 5.32 Å². The molecule has 0 atom stereocenters. The highest BCUT2D eigenvalue weighted by atomic mass is 19.4. The number of halogens is 3. The molecule has 0 saturated carbocycles. The number of aromatic nitrogens is 1. The first kappa shape index (κ1) is 10.7. The van der Waals surface area contributed by atoms with E-state index in [4.69, 9.17) is 0 Å². The third kappa shape index (κ3) is 1.93. The zero-order valence-electron chi connectivity index (χ0n) is 8.47. The molecular weight excluding hydrogens is 217 g/mol. The van der Waals surface area contributed by atoms with Crippen molar-refractivity contribution >= 4 is 16.6 Å². The van der Waals surface area contributed by atoms with Gasteiger partial charge in [-0.3, -0.25) is 4.98 Å². The van der Waals surface area contributed by atoms with Gasteiger partial charge >= 0.3 is 6.18 Å². The number of hydrogen-bond acceptors (Lipinski definition) is 2. The molecule has 1 aromatic heterocycles. The van der Waals surface area contributed by atoms with Crippen LogP contribution in [-0.2, 0) is 6.18 Å². The van der Waals surface area contributed by atoms with Crippen molar-refractivity contribution in [3.63, 3.8) is 0 Å². The highest BCUT2D eigenvalue weighted by Gasteiger charge is 2.30. The second-order valence-electron chi connectivity index (χ2n) is 3.38. The number of alkyl halides is 3. The summed E-state index contributed by atoms with van der Waals surface area (Å²) in [6, 6.07) is 5.15. The van der Waals surface area contributed by atoms with Crippen molar-refractivity contribution in [3.05, 3.63) is 36.0 Å². The maximum Gasteiger partial charge on any atom is 0.416 e. The second kappa shape index (κ2) is 3.66. The van der Waals surface area contributed by atoms with Crippen LogP contribution >= 0.6 is 0 Å². The Morgan fingerprint density at radius 1 is 1.19 bits per heavy atom. The van der Waals surface area contributed by atoms with E-state index in [1.54, 1.807) is 19.3 Å². The fraction of sp³-hybridized carbons (Fsp3) is 0.182. The van der Waals surface area contributed by atoms with Crippen LogP contribution in [0.5, 0.6) is 0 Å². The molecule has 2 nitrogen and oxygen atoms in total. The van der Waals surface area contributed by atoms with Gasteiger partial charge in [0.05, 0.1) is 23.0 Å². The van der Waals surface area contributed by atoms with E-state index in [2.05, 4.69) is 10.3 Å². The molecule has 0 radical (unpaired) electrons. The molecule has 84 valence electrons. The number of hydrogen-bond donors (Lipinski definition) is 1. The summed E-state index contributed by atoms with van der Waals surface area (Å²) < 4.78 is 37.4. The van der Waals surface area contributed by atoms with Gasteiger partial charge in [-0.25, -0.2) is 0 Å². The van der Waals surface area contributed by atoms with E-state index in [0.717, 1.165) is 12.1 Å². The maximum absolute atomic E-state index is 12.5. The molecule has 2 aromatic rings. The average molecular weight is 226 g/mol. The van der Waals surface area contributed by atoms with Gasteiger partial charge in [-0.2, -0.15) is 13.2 Å². The maximum atomic E-state index is 12.5. The lowest BCUT2D eigenvalue weighted by molar-refractivity contribution is -0.137. The summed E-state index contributed by atoms with van der Waals surface area (Å²) >= 11 is 0. The largest absolute Gasteiger partial charge is 0.416 e. The number of nitrogens with zero attached hydrogens (tertiary/aromatic N) is 1. The number of pyridine rings is 1. The van der Waals surface area contributed by atoms with Gasteiger partial charge in [-0.15, -0.1) is 0 Å². The Morgan fingerprint density at radius 2 is 1.94 bits per heavy atom. The van der Waals surface area contributed by atoms with Crippen LogP contribution in [0.3, 0.4) is 0 Å². The van der Waals surface area contributed by atoms with Gasteiger partial charge in [0.1, 0.15) is 0 Å². The van der Waals surface area contributed by atoms with Crippen molar-refractivity contribution in [1.29, 1.82) is 0 Å². The van der Waals surface area contributed by atoms with Crippen molar-refractivity contribution in [2.75, 3.05) is 12.4 Å². The monoisotopic (exact) mass is 226 g/mol. The summed E-state index contributed by atoms with van der Waals surface area (Å²) in [5.74, 6) is 0. The average Bonchev–Trinajstić information content (AvgIpc) is 2.26. The molecule has 1 N–H and O–H groups in total. The lowest BCUT2D eigenvalue weighted by Crippen LogP contribution is -2.04. The quantitative estimate of drug-likeness (QED) is 0.807. The fourth-order valence-electron chi connectivity index (χ4n) is 1.44. The minimum Gasteiger partial charge on any atom is -0.387 e. The Balaban J connectivity index is 2.59.